The first-order valence-corrected chi connectivity index (χ1v) is 7.46. The van der Waals surface area contributed by atoms with Gasteiger partial charge in [-0.2, -0.15) is 0 Å². The van der Waals surface area contributed by atoms with Crippen molar-refractivity contribution < 1.29 is 0 Å². The van der Waals surface area contributed by atoms with Crippen LogP contribution in [0.5, 0.6) is 0 Å². The standard InChI is InChI=1S/C12H15ClN2OS/c1-6-2-3-7-8(4-6)17-12-10(7)11(16)14-9(5-13)15-12/h6-8H,2-5H2,1H3,(H,14,15,16). The molecule has 0 aromatic carbocycles. The third-order valence-corrected chi connectivity index (χ3v) is 5.40. The maximum atomic E-state index is 12.1. The third-order valence-electron chi connectivity index (χ3n) is 3.78. The summed E-state index contributed by atoms with van der Waals surface area (Å²) in [6.07, 6.45) is 3.54. The maximum Gasteiger partial charge on any atom is 0.255 e. The number of aromatic nitrogens is 2. The molecule has 3 nitrogen and oxygen atoms in total. The van der Waals surface area contributed by atoms with Crippen molar-refractivity contribution in [2.24, 2.45) is 5.92 Å². The predicted octanol–water partition coefficient (Wildman–Crippen LogP) is 2.89. The SMILES string of the molecule is CC1CCC2c3c(nc(CCl)[nH]c3=O)SC2C1. The van der Waals surface area contributed by atoms with Crippen LogP contribution < -0.4 is 5.56 Å². The fourth-order valence-electron chi connectivity index (χ4n) is 2.92. The van der Waals surface area contributed by atoms with E-state index in [0.717, 1.165) is 22.9 Å². The summed E-state index contributed by atoms with van der Waals surface area (Å²) in [5, 5.41) is 1.47. The van der Waals surface area contributed by atoms with Crippen molar-refractivity contribution in [3.05, 3.63) is 21.7 Å². The van der Waals surface area contributed by atoms with Crippen LogP contribution in [0, 0.1) is 5.92 Å². The Hall–Kier alpha value is -0.480. The van der Waals surface area contributed by atoms with Crippen LogP contribution >= 0.6 is 23.4 Å². The molecule has 3 rings (SSSR count). The van der Waals surface area contributed by atoms with Crippen LogP contribution in [0.25, 0.3) is 0 Å². The molecule has 0 saturated heterocycles. The summed E-state index contributed by atoms with van der Waals surface area (Å²) in [5.74, 6) is 2.04. The minimum atomic E-state index is 0.0280. The van der Waals surface area contributed by atoms with Crippen molar-refractivity contribution >= 4 is 23.4 Å². The van der Waals surface area contributed by atoms with Gasteiger partial charge in [-0.25, -0.2) is 4.98 Å². The van der Waals surface area contributed by atoms with Crippen LogP contribution in [-0.4, -0.2) is 15.2 Å². The summed E-state index contributed by atoms with van der Waals surface area (Å²) in [5.41, 5.74) is 0.945. The van der Waals surface area contributed by atoms with E-state index in [9.17, 15) is 4.79 Å². The van der Waals surface area contributed by atoms with E-state index >= 15 is 0 Å². The van der Waals surface area contributed by atoms with Crippen LogP contribution in [0.2, 0.25) is 0 Å². The number of hydrogen-bond acceptors (Lipinski definition) is 3. The molecular weight excluding hydrogens is 256 g/mol. The first-order valence-electron chi connectivity index (χ1n) is 6.04. The summed E-state index contributed by atoms with van der Waals surface area (Å²) in [6, 6.07) is 0. The molecule has 0 bridgehead atoms. The van der Waals surface area contributed by atoms with Gasteiger partial charge in [-0.15, -0.1) is 23.4 Å². The van der Waals surface area contributed by atoms with E-state index in [1.54, 1.807) is 11.8 Å². The Morgan fingerprint density at radius 3 is 3.12 bits per heavy atom. The fraction of sp³-hybridized carbons (Fsp3) is 0.667. The van der Waals surface area contributed by atoms with E-state index in [1.165, 1.54) is 12.8 Å². The number of nitrogens with zero attached hydrogens (tertiary/aromatic N) is 1. The van der Waals surface area contributed by atoms with E-state index in [2.05, 4.69) is 16.9 Å². The zero-order valence-electron chi connectivity index (χ0n) is 9.70. The van der Waals surface area contributed by atoms with Gasteiger partial charge in [0.25, 0.3) is 5.56 Å². The molecule has 17 heavy (non-hydrogen) atoms. The Balaban J connectivity index is 2.02. The third kappa shape index (κ3) is 1.91. The fourth-order valence-corrected chi connectivity index (χ4v) is 4.73. The number of H-pyrrole nitrogens is 1. The van der Waals surface area contributed by atoms with Gasteiger partial charge >= 0.3 is 0 Å². The highest BCUT2D eigenvalue weighted by molar-refractivity contribution is 8.00. The molecule has 3 atom stereocenters. The quantitative estimate of drug-likeness (QED) is 0.630. The Kier molecular flexibility index (Phi) is 2.95. The van der Waals surface area contributed by atoms with Gasteiger partial charge in [-0.1, -0.05) is 13.3 Å². The van der Waals surface area contributed by atoms with E-state index in [4.69, 9.17) is 11.6 Å². The second-order valence-electron chi connectivity index (χ2n) is 5.05. The lowest BCUT2D eigenvalue weighted by Gasteiger charge is -2.28. The van der Waals surface area contributed by atoms with Gasteiger partial charge in [0.15, 0.2) is 0 Å². The van der Waals surface area contributed by atoms with E-state index < -0.39 is 0 Å². The van der Waals surface area contributed by atoms with Crippen molar-refractivity contribution in [3.63, 3.8) is 0 Å². The topological polar surface area (TPSA) is 45.8 Å². The van der Waals surface area contributed by atoms with Crippen molar-refractivity contribution in [2.75, 3.05) is 0 Å². The first-order chi connectivity index (χ1) is 8.19. The van der Waals surface area contributed by atoms with Crippen molar-refractivity contribution in [3.8, 4) is 0 Å². The van der Waals surface area contributed by atoms with Gasteiger partial charge in [0, 0.05) is 11.2 Å². The molecule has 1 aromatic heterocycles. The Morgan fingerprint density at radius 1 is 1.53 bits per heavy atom. The van der Waals surface area contributed by atoms with E-state index in [-0.39, 0.29) is 11.4 Å². The zero-order chi connectivity index (χ0) is 12.0. The summed E-state index contributed by atoms with van der Waals surface area (Å²) in [6.45, 7) is 2.29. The van der Waals surface area contributed by atoms with Gasteiger partial charge in [0.05, 0.1) is 11.4 Å². The molecule has 1 fully saturated rings. The van der Waals surface area contributed by atoms with Gasteiger partial charge < -0.3 is 4.98 Å². The summed E-state index contributed by atoms with van der Waals surface area (Å²) < 4.78 is 0. The second kappa shape index (κ2) is 4.32. The lowest BCUT2D eigenvalue weighted by Crippen LogP contribution is -2.25. The lowest BCUT2D eigenvalue weighted by molar-refractivity contribution is 0.359. The number of alkyl halides is 1. The van der Waals surface area contributed by atoms with E-state index in [0.29, 0.717) is 17.0 Å². The average molecular weight is 271 g/mol. The monoisotopic (exact) mass is 270 g/mol. The molecule has 3 unspecified atom stereocenters. The number of rotatable bonds is 1. The number of hydrogen-bond donors (Lipinski definition) is 1. The lowest BCUT2D eigenvalue weighted by atomic mass is 9.80. The second-order valence-corrected chi connectivity index (χ2v) is 6.54. The molecule has 1 saturated carbocycles. The van der Waals surface area contributed by atoms with E-state index in [1.807, 2.05) is 0 Å². The van der Waals surface area contributed by atoms with Crippen molar-refractivity contribution in [1.29, 1.82) is 0 Å². The Labute approximate surface area is 109 Å². The zero-order valence-corrected chi connectivity index (χ0v) is 11.3. The number of halogens is 1. The molecule has 0 amide bonds. The number of thioether (sulfide) groups is 1. The molecule has 1 aromatic rings. The van der Waals surface area contributed by atoms with Gasteiger partial charge in [-0.3, -0.25) is 4.79 Å². The smallest absolute Gasteiger partial charge is 0.255 e. The van der Waals surface area contributed by atoms with Crippen LogP contribution in [0.4, 0.5) is 0 Å². The highest BCUT2D eigenvalue weighted by Crippen LogP contribution is 2.50. The summed E-state index contributed by atoms with van der Waals surface area (Å²) in [7, 11) is 0. The molecule has 1 N–H and O–H groups in total. The Morgan fingerprint density at radius 2 is 2.35 bits per heavy atom. The molecule has 0 radical (unpaired) electrons. The summed E-state index contributed by atoms with van der Waals surface area (Å²) >= 11 is 7.51. The molecule has 1 aliphatic carbocycles. The molecule has 5 heteroatoms. The van der Waals surface area contributed by atoms with Crippen LogP contribution in [0.1, 0.15) is 43.5 Å². The van der Waals surface area contributed by atoms with Gasteiger partial charge in [0.1, 0.15) is 10.9 Å². The highest BCUT2D eigenvalue weighted by Gasteiger charge is 2.40. The van der Waals surface area contributed by atoms with Crippen molar-refractivity contribution in [2.45, 2.75) is 48.3 Å². The molecule has 2 heterocycles. The minimum absolute atomic E-state index is 0.0280. The largest absolute Gasteiger partial charge is 0.309 e. The van der Waals surface area contributed by atoms with Crippen molar-refractivity contribution in [1.82, 2.24) is 9.97 Å². The maximum absolute atomic E-state index is 12.1. The Bertz CT molecular complexity index is 502. The van der Waals surface area contributed by atoms with Crippen LogP contribution in [0.3, 0.4) is 0 Å². The molecule has 1 aliphatic heterocycles. The highest BCUT2D eigenvalue weighted by atomic mass is 35.5. The average Bonchev–Trinajstić information content (AvgIpc) is 2.66. The number of nitrogens with one attached hydrogen (secondary N) is 1. The first kappa shape index (κ1) is 11.6. The molecule has 92 valence electrons. The van der Waals surface area contributed by atoms with Gasteiger partial charge in [0.2, 0.25) is 0 Å². The molecule has 2 aliphatic rings. The molecule has 0 spiro atoms. The van der Waals surface area contributed by atoms with Crippen LogP contribution in [-0.2, 0) is 5.88 Å². The molecular formula is C12H15ClN2OS. The number of fused-ring (bicyclic) bond motifs is 3. The summed E-state index contributed by atoms with van der Waals surface area (Å²) in [4.78, 5) is 19.3. The van der Waals surface area contributed by atoms with Crippen LogP contribution in [0.15, 0.2) is 9.82 Å². The minimum Gasteiger partial charge on any atom is -0.309 e. The van der Waals surface area contributed by atoms with Gasteiger partial charge in [-0.05, 0) is 18.8 Å². The predicted molar refractivity (Wildman–Crippen MR) is 69.8 cm³/mol. The number of aromatic amines is 1. The normalized spacial score (nSPS) is 31.1.